The molecule has 0 bridgehead atoms. The highest BCUT2D eigenvalue weighted by atomic mass is 19.4. The summed E-state index contributed by atoms with van der Waals surface area (Å²) >= 11 is 0. The molecular formula is C23H17F6N5. The van der Waals surface area contributed by atoms with Crippen LogP contribution in [0.4, 0.5) is 37.8 Å². The largest absolute Gasteiger partial charge is 0.418 e. The Morgan fingerprint density at radius 3 is 2.24 bits per heavy atom. The molecule has 2 aromatic carbocycles. The number of anilines is 2. The second-order valence-electron chi connectivity index (χ2n) is 7.35. The lowest BCUT2D eigenvalue weighted by Gasteiger charge is -2.14. The van der Waals surface area contributed by atoms with E-state index in [9.17, 15) is 26.3 Å². The number of alkyl halides is 6. The Morgan fingerprint density at radius 2 is 1.59 bits per heavy atom. The van der Waals surface area contributed by atoms with Crippen molar-refractivity contribution >= 4 is 22.4 Å². The van der Waals surface area contributed by atoms with Gasteiger partial charge < -0.3 is 10.6 Å². The molecule has 0 aliphatic heterocycles. The van der Waals surface area contributed by atoms with Crippen LogP contribution in [0.3, 0.4) is 0 Å². The predicted octanol–water partition coefficient (Wildman–Crippen LogP) is 6.19. The molecule has 0 aliphatic carbocycles. The monoisotopic (exact) mass is 477 g/mol. The van der Waals surface area contributed by atoms with Crippen molar-refractivity contribution < 1.29 is 26.3 Å². The topological polar surface area (TPSA) is 62.7 Å². The minimum absolute atomic E-state index is 0.218. The standard InChI is InChI=1S/C23H17F6N5/c1-30-12-19-33-18-11-13(20-17(23(27,28)29)3-2-10-31-20)4-9-16(18)21(34-19)32-15-7-5-14(6-8-15)22(24,25)26/h2-11,30H,12H2,1H3,(H,32,33,34). The first-order chi connectivity index (χ1) is 16.1. The minimum atomic E-state index is -4.59. The second kappa shape index (κ2) is 8.90. The number of hydrogen-bond acceptors (Lipinski definition) is 5. The summed E-state index contributed by atoms with van der Waals surface area (Å²) < 4.78 is 78.9. The third kappa shape index (κ3) is 4.93. The van der Waals surface area contributed by atoms with Gasteiger partial charge in [0.1, 0.15) is 11.6 Å². The van der Waals surface area contributed by atoms with Gasteiger partial charge in [0.2, 0.25) is 0 Å². The Balaban J connectivity index is 1.79. The van der Waals surface area contributed by atoms with Gasteiger partial charge in [-0.25, -0.2) is 9.97 Å². The van der Waals surface area contributed by atoms with Gasteiger partial charge in [-0.1, -0.05) is 6.07 Å². The number of aromatic nitrogens is 3. The molecule has 0 fully saturated rings. The van der Waals surface area contributed by atoms with Gasteiger partial charge in [-0.15, -0.1) is 0 Å². The van der Waals surface area contributed by atoms with Crippen LogP contribution in [-0.4, -0.2) is 22.0 Å². The van der Waals surface area contributed by atoms with Crippen molar-refractivity contribution in [2.24, 2.45) is 0 Å². The molecule has 2 heterocycles. The van der Waals surface area contributed by atoms with E-state index >= 15 is 0 Å². The molecule has 0 spiro atoms. The highest BCUT2D eigenvalue weighted by Gasteiger charge is 2.34. The summed E-state index contributed by atoms with van der Waals surface area (Å²) in [5.41, 5.74) is -0.968. The SMILES string of the molecule is CNCc1nc(Nc2ccc(C(F)(F)F)cc2)c2ccc(-c3ncccc3C(F)(F)F)cc2n1. The second-order valence-corrected chi connectivity index (χ2v) is 7.35. The van der Waals surface area contributed by atoms with Gasteiger partial charge in [0.05, 0.1) is 28.9 Å². The molecule has 11 heteroatoms. The van der Waals surface area contributed by atoms with Gasteiger partial charge in [0.25, 0.3) is 0 Å². The number of rotatable bonds is 5. The molecule has 0 amide bonds. The summed E-state index contributed by atoms with van der Waals surface area (Å²) in [7, 11) is 1.68. The first-order valence-electron chi connectivity index (χ1n) is 9.98. The van der Waals surface area contributed by atoms with E-state index in [0.717, 1.165) is 18.2 Å². The Hall–Kier alpha value is -3.73. The molecule has 0 atom stereocenters. The van der Waals surface area contributed by atoms with Crippen LogP contribution in [0.2, 0.25) is 0 Å². The predicted molar refractivity (Wildman–Crippen MR) is 115 cm³/mol. The molecule has 2 aromatic heterocycles. The van der Waals surface area contributed by atoms with Crippen LogP contribution in [0.15, 0.2) is 60.8 Å². The molecule has 0 unspecified atom stereocenters. The van der Waals surface area contributed by atoms with Crippen molar-refractivity contribution in [2.75, 3.05) is 12.4 Å². The summed E-state index contributed by atoms with van der Waals surface area (Å²) in [5.74, 6) is 0.650. The quantitative estimate of drug-likeness (QED) is 0.336. The first-order valence-corrected chi connectivity index (χ1v) is 9.98. The van der Waals surface area contributed by atoms with Crippen LogP contribution in [0, 0.1) is 0 Å². The van der Waals surface area contributed by atoms with Crippen molar-refractivity contribution in [1.29, 1.82) is 0 Å². The van der Waals surface area contributed by atoms with E-state index < -0.39 is 23.5 Å². The Morgan fingerprint density at radius 1 is 0.853 bits per heavy atom. The number of hydrogen-bond donors (Lipinski definition) is 2. The fraction of sp³-hybridized carbons (Fsp3) is 0.174. The highest BCUT2D eigenvalue weighted by molar-refractivity contribution is 5.93. The Kier molecular flexibility index (Phi) is 6.13. The molecule has 4 aromatic rings. The summed E-state index contributed by atoms with van der Waals surface area (Å²) in [6, 6.07) is 11.1. The van der Waals surface area contributed by atoms with Crippen LogP contribution < -0.4 is 10.6 Å². The number of nitrogens with zero attached hydrogens (tertiary/aromatic N) is 3. The number of halogens is 6. The first kappa shape index (κ1) is 23.4. The minimum Gasteiger partial charge on any atom is -0.340 e. The molecule has 34 heavy (non-hydrogen) atoms. The van der Waals surface area contributed by atoms with Gasteiger partial charge in [-0.2, -0.15) is 26.3 Å². The summed E-state index contributed by atoms with van der Waals surface area (Å²) in [6.07, 6.45) is -7.77. The lowest BCUT2D eigenvalue weighted by molar-refractivity contribution is -0.138. The maximum atomic E-state index is 13.5. The van der Waals surface area contributed by atoms with Crippen LogP contribution in [0.25, 0.3) is 22.2 Å². The summed E-state index contributed by atoms with van der Waals surface area (Å²) in [6.45, 7) is 0.263. The number of nitrogens with one attached hydrogen (secondary N) is 2. The average molecular weight is 477 g/mol. The highest BCUT2D eigenvalue weighted by Crippen LogP contribution is 2.37. The number of fused-ring (bicyclic) bond motifs is 1. The Bertz CT molecular complexity index is 1320. The van der Waals surface area contributed by atoms with Crippen molar-refractivity contribution in [3.05, 3.63) is 77.7 Å². The fourth-order valence-electron chi connectivity index (χ4n) is 3.40. The van der Waals surface area contributed by atoms with E-state index in [1.165, 1.54) is 36.5 Å². The van der Waals surface area contributed by atoms with Crippen LogP contribution in [-0.2, 0) is 18.9 Å². The van der Waals surface area contributed by atoms with E-state index in [2.05, 4.69) is 25.6 Å². The summed E-state index contributed by atoms with van der Waals surface area (Å²) in [5, 5.41) is 6.36. The van der Waals surface area contributed by atoms with Gasteiger partial charge in [-0.05, 0) is 55.6 Å². The molecule has 176 valence electrons. The lowest BCUT2D eigenvalue weighted by Crippen LogP contribution is -2.11. The number of pyridine rings is 1. The third-order valence-corrected chi connectivity index (χ3v) is 4.94. The van der Waals surface area contributed by atoms with E-state index in [-0.39, 0.29) is 17.8 Å². The molecule has 0 saturated carbocycles. The lowest BCUT2D eigenvalue weighted by atomic mass is 10.0. The van der Waals surface area contributed by atoms with Gasteiger partial charge >= 0.3 is 12.4 Å². The molecule has 0 aliphatic rings. The van der Waals surface area contributed by atoms with Gasteiger partial charge in [0, 0.05) is 22.8 Å². The fourth-order valence-corrected chi connectivity index (χ4v) is 3.40. The maximum absolute atomic E-state index is 13.5. The molecule has 5 nitrogen and oxygen atoms in total. The van der Waals surface area contributed by atoms with Gasteiger partial charge in [-0.3, -0.25) is 4.98 Å². The van der Waals surface area contributed by atoms with E-state index in [1.807, 2.05) is 0 Å². The Labute approximate surface area is 189 Å². The van der Waals surface area contributed by atoms with E-state index in [1.54, 1.807) is 13.1 Å². The van der Waals surface area contributed by atoms with Crippen molar-refractivity contribution in [3.63, 3.8) is 0 Å². The van der Waals surface area contributed by atoms with Crippen molar-refractivity contribution in [1.82, 2.24) is 20.3 Å². The zero-order valence-corrected chi connectivity index (χ0v) is 17.6. The molecular weight excluding hydrogens is 460 g/mol. The third-order valence-electron chi connectivity index (χ3n) is 4.94. The smallest absolute Gasteiger partial charge is 0.340 e. The zero-order chi connectivity index (χ0) is 24.5. The van der Waals surface area contributed by atoms with Crippen LogP contribution in [0.1, 0.15) is 17.0 Å². The molecule has 0 radical (unpaired) electrons. The number of benzene rings is 2. The maximum Gasteiger partial charge on any atom is 0.418 e. The van der Waals surface area contributed by atoms with E-state index in [4.69, 9.17) is 0 Å². The summed E-state index contributed by atoms with van der Waals surface area (Å²) in [4.78, 5) is 12.7. The average Bonchev–Trinajstić information content (AvgIpc) is 2.78. The van der Waals surface area contributed by atoms with Gasteiger partial charge in [0.15, 0.2) is 0 Å². The van der Waals surface area contributed by atoms with E-state index in [0.29, 0.717) is 28.2 Å². The molecule has 2 N–H and O–H groups in total. The molecule has 0 saturated heterocycles. The van der Waals surface area contributed by atoms with Crippen LogP contribution >= 0.6 is 0 Å². The van der Waals surface area contributed by atoms with Crippen molar-refractivity contribution in [2.45, 2.75) is 18.9 Å². The zero-order valence-electron chi connectivity index (χ0n) is 17.6. The normalized spacial score (nSPS) is 12.2. The molecule has 4 rings (SSSR count). The van der Waals surface area contributed by atoms with Crippen LogP contribution in [0.5, 0.6) is 0 Å². The van der Waals surface area contributed by atoms with Crippen molar-refractivity contribution in [3.8, 4) is 11.3 Å².